The molecule has 198 valence electrons. The van der Waals surface area contributed by atoms with E-state index in [9.17, 15) is 4.39 Å². The number of anilines is 2. The van der Waals surface area contributed by atoms with Crippen molar-refractivity contribution < 1.29 is 9.13 Å². The third-order valence-electron chi connectivity index (χ3n) is 7.33. The molecular weight excluding hydrogens is 513 g/mol. The number of nitrogens with zero attached hydrogens (tertiary/aromatic N) is 4. The van der Waals surface area contributed by atoms with E-state index in [0.717, 1.165) is 65.2 Å². The van der Waals surface area contributed by atoms with E-state index in [1.807, 2.05) is 66.2 Å². The van der Waals surface area contributed by atoms with Gasteiger partial charge in [-0.2, -0.15) is 0 Å². The summed E-state index contributed by atoms with van der Waals surface area (Å²) < 4.78 is 22.1. The Bertz CT molecular complexity index is 1660. The fourth-order valence-electron chi connectivity index (χ4n) is 5.24. The summed E-state index contributed by atoms with van der Waals surface area (Å²) in [6.07, 6.45) is 6.00. The highest BCUT2D eigenvalue weighted by molar-refractivity contribution is 6.30. The van der Waals surface area contributed by atoms with Crippen LogP contribution in [0.15, 0.2) is 77.9 Å². The second-order valence-corrected chi connectivity index (χ2v) is 10.5. The summed E-state index contributed by atoms with van der Waals surface area (Å²) in [6, 6.07) is 20.4. The lowest BCUT2D eigenvalue weighted by Gasteiger charge is -2.25. The molecule has 0 spiro atoms. The Hall–Kier alpha value is -3.81. The summed E-state index contributed by atoms with van der Waals surface area (Å²) >= 11 is 6.20. The zero-order valence-corrected chi connectivity index (χ0v) is 22.6. The van der Waals surface area contributed by atoms with Gasteiger partial charge in [-0.1, -0.05) is 11.6 Å². The van der Waals surface area contributed by atoms with Gasteiger partial charge in [0.05, 0.1) is 57.5 Å². The normalized spacial score (nSPS) is 18.1. The van der Waals surface area contributed by atoms with Gasteiger partial charge >= 0.3 is 0 Å². The van der Waals surface area contributed by atoms with Crippen molar-refractivity contribution in [3.8, 4) is 17.1 Å². The number of methoxy groups -OCH3 is 1. The number of pyridine rings is 1. The van der Waals surface area contributed by atoms with Gasteiger partial charge in [-0.3, -0.25) is 9.98 Å². The number of hydrogen-bond donors (Lipinski definition) is 1. The Morgan fingerprint density at radius 2 is 1.79 bits per heavy atom. The molecule has 3 aliphatic rings. The Balaban J connectivity index is 1.58. The molecular formula is C31H29ClFN5O. The van der Waals surface area contributed by atoms with Crippen LogP contribution in [0.5, 0.6) is 0 Å². The molecule has 0 saturated heterocycles. The zero-order valence-electron chi connectivity index (χ0n) is 21.9. The molecule has 0 unspecified atom stereocenters. The minimum atomic E-state index is -0.323. The van der Waals surface area contributed by atoms with Crippen molar-refractivity contribution in [2.45, 2.75) is 44.8 Å². The molecule has 8 heteroatoms. The van der Waals surface area contributed by atoms with E-state index < -0.39 is 0 Å². The van der Waals surface area contributed by atoms with Crippen molar-refractivity contribution in [2.75, 3.05) is 12.4 Å². The first-order chi connectivity index (χ1) is 19.0. The maximum Gasteiger partial charge on any atom is 0.125 e. The average molecular weight is 542 g/mol. The van der Waals surface area contributed by atoms with E-state index in [1.165, 1.54) is 12.1 Å². The van der Waals surface area contributed by atoms with Crippen LogP contribution in [0, 0.1) is 12.7 Å². The lowest BCUT2D eigenvalue weighted by atomic mass is 9.93. The van der Waals surface area contributed by atoms with Crippen molar-refractivity contribution in [2.24, 2.45) is 4.99 Å². The summed E-state index contributed by atoms with van der Waals surface area (Å²) in [6.45, 7) is 1.96. The standard InChI is InChI=1S/C31H29ClFN5O/c1-19-3-7-23(18-34-19)36-27-16-29-31(17-28(27)35-22-8-12-25(39-2)13-9-22)38(24-10-4-20(32)5-11-24)30-15-21(33)6-14-26(30)37-29/h3-7,10-11,14-18,22,25,36H,8-9,12-13H2,1-2H3. The van der Waals surface area contributed by atoms with Crippen LogP contribution >= 0.6 is 11.6 Å². The summed E-state index contributed by atoms with van der Waals surface area (Å²) in [7, 11) is 1.78. The second kappa shape index (κ2) is 10.8. The molecule has 1 N–H and O–H groups in total. The number of nitrogens with one attached hydrogen (secondary N) is 1. The van der Waals surface area contributed by atoms with Gasteiger partial charge in [0.2, 0.25) is 0 Å². The summed E-state index contributed by atoms with van der Waals surface area (Å²) in [5, 5.41) is 4.97. The van der Waals surface area contributed by atoms with Crippen LogP contribution in [0.25, 0.3) is 28.1 Å². The summed E-state index contributed by atoms with van der Waals surface area (Å²) in [4.78, 5) is 14.6. The highest BCUT2D eigenvalue weighted by Crippen LogP contribution is 2.32. The Morgan fingerprint density at radius 1 is 1.00 bits per heavy atom. The average Bonchev–Trinajstić information content (AvgIpc) is 2.95. The van der Waals surface area contributed by atoms with Crippen molar-refractivity contribution in [3.05, 3.63) is 94.8 Å². The van der Waals surface area contributed by atoms with Crippen molar-refractivity contribution in [1.82, 2.24) is 14.5 Å². The topological polar surface area (TPSA) is 64.3 Å². The molecule has 1 aromatic heterocycles. The van der Waals surface area contributed by atoms with Crippen LogP contribution in [-0.2, 0) is 4.74 Å². The van der Waals surface area contributed by atoms with Gasteiger partial charge in [-0.25, -0.2) is 9.37 Å². The second-order valence-electron chi connectivity index (χ2n) is 10.0. The molecule has 3 aromatic rings. The Kier molecular flexibility index (Phi) is 7.02. The van der Waals surface area contributed by atoms with Crippen LogP contribution in [0.4, 0.5) is 15.8 Å². The molecule has 1 saturated carbocycles. The Morgan fingerprint density at radius 3 is 2.51 bits per heavy atom. The van der Waals surface area contributed by atoms with E-state index in [1.54, 1.807) is 13.2 Å². The number of fused-ring (bicyclic) bond motifs is 2. The molecule has 0 atom stereocenters. The SMILES string of the molecule is COC1CCC(N=c2cc3n(-c4ccc(Cl)cc4)c4cc(F)ccc4nc-3cc2Nc2ccc(C)nc2)CC1. The van der Waals surface area contributed by atoms with Crippen LogP contribution in [0.1, 0.15) is 31.4 Å². The molecule has 2 aromatic carbocycles. The quantitative estimate of drug-likeness (QED) is 0.238. The van der Waals surface area contributed by atoms with Gasteiger partial charge in [0.1, 0.15) is 5.82 Å². The zero-order chi connectivity index (χ0) is 26.9. The smallest absolute Gasteiger partial charge is 0.125 e. The molecule has 6 rings (SSSR count). The number of aromatic nitrogens is 3. The van der Waals surface area contributed by atoms with E-state index in [2.05, 4.69) is 10.3 Å². The maximum absolute atomic E-state index is 14.5. The van der Waals surface area contributed by atoms with Crippen LogP contribution in [0.3, 0.4) is 0 Å². The minimum Gasteiger partial charge on any atom is -0.381 e. The van der Waals surface area contributed by atoms with E-state index >= 15 is 0 Å². The van der Waals surface area contributed by atoms with E-state index in [-0.39, 0.29) is 11.9 Å². The van der Waals surface area contributed by atoms with Gasteiger partial charge < -0.3 is 14.6 Å². The van der Waals surface area contributed by atoms with Crippen LogP contribution in [-0.4, -0.2) is 33.8 Å². The van der Waals surface area contributed by atoms with Crippen molar-refractivity contribution in [1.29, 1.82) is 0 Å². The first-order valence-corrected chi connectivity index (χ1v) is 13.5. The molecule has 6 nitrogen and oxygen atoms in total. The molecule has 0 radical (unpaired) electrons. The first-order valence-electron chi connectivity index (χ1n) is 13.2. The molecule has 1 aliphatic heterocycles. The molecule has 1 fully saturated rings. The van der Waals surface area contributed by atoms with Crippen molar-refractivity contribution in [3.63, 3.8) is 0 Å². The number of hydrogen-bond acceptors (Lipinski definition) is 5. The highest BCUT2D eigenvalue weighted by atomic mass is 35.5. The summed E-state index contributed by atoms with van der Waals surface area (Å²) in [5.74, 6) is -0.323. The third kappa shape index (κ3) is 5.37. The third-order valence-corrected chi connectivity index (χ3v) is 7.58. The number of rotatable bonds is 5. The fraction of sp³-hybridized carbons (Fsp3) is 0.258. The molecule has 39 heavy (non-hydrogen) atoms. The lowest BCUT2D eigenvalue weighted by molar-refractivity contribution is 0.0663. The van der Waals surface area contributed by atoms with Crippen molar-refractivity contribution >= 4 is 34.0 Å². The van der Waals surface area contributed by atoms with E-state index in [0.29, 0.717) is 22.2 Å². The largest absolute Gasteiger partial charge is 0.381 e. The number of halogens is 2. The number of aryl methyl sites for hydroxylation is 1. The van der Waals surface area contributed by atoms with E-state index in [4.69, 9.17) is 26.3 Å². The summed E-state index contributed by atoms with van der Waals surface area (Å²) in [5.41, 5.74) is 6.46. The maximum atomic E-state index is 14.5. The van der Waals surface area contributed by atoms with Gasteiger partial charge in [0, 0.05) is 29.6 Å². The van der Waals surface area contributed by atoms with Gasteiger partial charge in [-0.05, 0) is 93.3 Å². The molecule has 0 amide bonds. The predicted octanol–water partition coefficient (Wildman–Crippen LogP) is 7.23. The monoisotopic (exact) mass is 541 g/mol. The lowest BCUT2D eigenvalue weighted by Crippen LogP contribution is -2.25. The molecule has 2 aliphatic carbocycles. The predicted molar refractivity (Wildman–Crippen MR) is 154 cm³/mol. The molecule has 0 bridgehead atoms. The first kappa shape index (κ1) is 25.5. The van der Waals surface area contributed by atoms with Gasteiger partial charge in [-0.15, -0.1) is 0 Å². The van der Waals surface area contributed by atoms with Gasteiger partial charge in [0.15, 0.2) is 0 Å². The van der Waals surface area contributed by atoms with Crippen LogP contribution < -0.4 is 10.7 Å². The van der Waals surface area contributed by atoms with Gasteiger partial charge in [0.25, 0.3) is 0 Å². The number of ether oxygens (including phenoxy) is 1. The Labute approximate surface area is 231 Å². The minimum absolute atomic E-state index is 0.181. The highest BCUT2D eigenvalue weighted by Gasteiger charge is 2.22. The van der Waals surface area contributed by atoms with Crippen LogP contribution in [0.2, 0.25) is 5.02 Å². The molecule has 2 heterocycles. The fourth-order valence-corrected chi connectivity index (χ4v) is 5.37. The number of benzene rings is 3.